The van der Waals surface area contributed by atoms with E-state index in [2.05, 4.69) is 28.1 Å². The van der Waals surface area contributed by atoms with Crippen LogP contribution < -0.4 is 4.74 Å². The van der Waals surface area contributed by atoms with Crippen LogP contribution in [0.4, 0.5) is 0 Å². The number of benzene rings is 3. The van der Waals surface area contributed by atoms with Crippen LogP contribution in [-0.2, 0) is 6.61 Å². The van der Waals surface area contributed by atoms with Crippen molar-refractivity contribution in [1.29, 1.82) is 10.5 Å². The van der Waals surface area contributed by atoms with Gasteiger partial charge >= 0.3 is 0 Å². The fraction of sp³-hybridized carbons (Fsp3) is 0.0435. The Hall–Kier alpha value is -3.05. The van der Waals surface area contributed by atoms with Crippen molar-refractivity contribution >= 4 is 39.2 Å². The number of hydrogen-bond acceptors (Lipinski definition) is 3. The summed E-state index contributed by atoms with van der Waals surface area (Å²) in [6.07, 6.45) is 1.75. The lowest BCUT2D eigenvalue weighted by Crippen LogP contribution is -1.99. The minimum Gasteiger partial charge on any atom is -0.488 e. The molecule has 0 aliphatic carbocycles. The predicted molar refractivity (Wildman–Crippen MR) is 115 cm³/mol. The van der Waals surface area contributed by atoms with Crippen molar-refractivity contribution in [3.05, 3.63) is 98.5 Å². The van der Waals surface area contributed by atoms with Gasteiger partial charge in [0.25, 0.3) is 0 Å². The van der Waals surface area contributed by atoms with Gasteiger partial charge in [0.05, 0.1) is 23.3 Å². The number of ether oxygens (including phenoxy) is 1. The van der Waals surface area contributed by atoms with Crippen molar-refractivity contribution in [2.24, 2.45) is 0 Å². The summed E-state index contributed by atoms with van der Waals surface area (Å²) in [6, 6.07) is 24.5. The molecule has 3 aromatic rings. The van der Waals surface area contributed by atoms with Gasteiger partial charge in [0.1, 0.15) is 12.4 Å². The Morgan fingerprint density at radius 2 is 1.79 bits per heavy atom. The maximum Gasteiger partial charge on any atom is 0.127 e. The molecule has 28 heavy (non-hydrogen) atoms. The third kappa shape index (κ3) is 4.61. The van der Waals surface area contributed by atoms with Gasteiger partial charge in [-0.15, -0.1) is 0 Å². The van der Waals surface area contributed by atoms with Crippen molar-refractivity contribution in [2.75, 3.05) is 0 Å². The second-order valence-electron chi connectivity index (χ2n) is 5.89. The zero-order chi connectivity index (χ0) is 19.9. The number of nitriles is 2. The zero-order valence-electron chi connectivity index (χ0n) is 14.7. The van der Waals surface area contributed by atoms with Gasteiger partial charge in [-0.2, -0.15) is 10.5 Å². The minimum atomic E-state index is 0.250. The Morgan fingerprint density at radius 1 is 1.04 bits per heavy atom. The number of halogens is 2. The van der Waals surface area contributed by atoms with E-state index in [9.17, 15) is 10.5 Å². The Balaban J connectivity index is 1.96. The summed E-state index contributed by atoms with van der Waals surface area (Å²) in [6.45, 7) is 0.250. The van der Waals surface area contributed by atoms with Crippen molar-refractivity contribution in [2.45, 2.75) is 6.61 Å². The molecule has 136 valence electrons. The first-order valence-corrected chi connectivity index (χ1v) is 9.56. The van der Waals surface area contributed by atoms with Crippen LogP contribution in [0.3, 0.4) is 0 Å². The van der Waals surface area contributed by atoms with Gasteiger partial charge in [-0.05, 0) is 36.4 Å². The molecule has 0 radical (unpaired) electrons. The van der Waals surface area contributed by atoms with E-state index < -0.39 is 0 Å². The molecule has 5 heteroatoms. The maximum atomic E-state index is 9.64. The maximum absolute atomic E-state index is 9.64. The van der Waals surface area contributed by atoms with Gasteiger partial charge in [-0.25, -0.2) is 0 Å². The molecule has 0 heterocycles. The lowest BCUT2D eigenvalue weighted by Gasteiger charge is -2.12. The zero-order valence-corrected chi connectivity index (χ0v) is 17.0. The third-order valence-electron chi connectivity index (χ3n) is 4.08. The highest BCUT2D eigenvalue weighted by atomic mass is 79.9. The fourth-order valence-corrected chi connectivity index (χ4v) is 3.30. The summed E-state index contributed by atoms with van der Waals surface area (Å²) in [5, 5.41) is 19.4. The van der Waals surface area contributed by atoms with Gasteiger partial charge in [0.2, 0.25) is 0 Å². The van der Waals surface area contributed by atoms with Gasteiger partial charge in [-0.1, -0.05) is 63.9 Å². The summed E-state index contributed by atoms with van der Waals surface area (Å²) in [7, 11) is 0. The molecule has 0 fully saturated rings. The molecule has 0 amide bonds. The molecule has 0 spiro atoms. The molecule has 3 rings (SSSR count). The largest absolute Gasteiger partial charge is 0.488 e. The molecule has 0 saturated heterocycles. The Labute approximate surface area is 177 Å². The molecule has 0 aliphatic heterocycles. The molecule has 0 N–H and O–H groups in total. The lowest BCUT2D eigenvalue weighted by molar-refractivity contribution is 0.305. The molecule has 0 atom stereocenters. The molecule has 0 bridgehead atoms. The summed E-state index contributed by atoms with van der Waals surface area (Å²) >= 11 is 9.71. The van der Waals surface area contributed by atoms with Gasteiger partial charge in [0.15, 0.2) is 0 Å². The van der Waals surface area contributed by atoms with Crippen LogP contribution >= 0.6 is 27.5 Å². The highest BCUT2D eigenvalue weighted by Crippen LogP contribution is 2.30. The molecule has 0 aromatic heterocycles. The average Bonchev–Trinajstić information content (AvgIpc) is 2.72. The molecule has 0 aliphatic rings. The molecule has 0 unspecified atom stereocenters. The number of nitrogens with zero attached hydrogens (tertiary/aromatic N) is 2. The summed E-state index contributed by atoms with van der Waals surface area (Å²) in [5.74, 6) is 0.607. The minimum absolute atomic E-state index is 0.250. The number of rotatable bonds is 5. The topological polar surface area (TPSA) is 56.8 Å². The van der Waals surface area contributed by atoms with Crippen molar-refractivity contribution < 1.29 is 4.74 Å². The second-order valence-corrected chi connectivity index (χ2v) is 7.21. The molecule has 3 aromatic carbocycles. The summed E-state index contributed by atoms with van der Waals surface area (Å²) < 4.78 is 6.83. The SMILES string of the molecule is N#CC(=Cc1cc(Br)ccc1OCc1ccccc1C#N)c1ccccc1Cl. The standard InChI is InChI=1S/C23H14BrClN2O/c24-20-9-10-23(28-15-17-6-2-1-5-16(17)13-26)18(12-20)11-19(14-27)21-7-3-4-8-22(21)25/h1-12H,15H2. The monoisotopic (exact) mass is 448 g/mol. The van der Waals surface area contributed by atoms with Crippen LogP contribution in [0.1, 0.15) is 22.3 Å². The van der Waals surface area contributed by atoms with Crippen molar-refractivity contribution in [1.82, 2.24) is 0 Å². The van der Waals surface area contributed by atoms with E-state index in [-0.39, 0.29) is 6.61 Å². The van der Waals surface area contributed by atoms with Crippen LogP contribution in [0.5, 0.6) is 5.75 Å². The summed E-state index contributed by atoms with van der Waals surface area (Å²) in [5.41, 5.74) is 3.21. The molecule has 3 nitrogen and oxygen atoms in total. The second kappa shape index (κ2) is 9.24. The highest BCUT2D eigenvalue weighted by Gasteiger charge is 2.10. The van der Waals surface area contributed by atoms with Crippen molar-refractivity contribution in [3.8, 4) is 17.9 Å². The van der Waals surface area contributed by atoms with Crippen LogP contribution in [0.2, 0.25) is 5.02 Å². The van der Waals surface area contributed by atoms with E-state index in [0.29, 0.717) is 27.5 Å². The first-order valence-electron chi connectivity index (χ1n) is 8.39. The normalized spacial score (nSPS) is 10.8. The fourth-order valence-electron chi connectivity index (χ4n) is 2.68. The number of allylic oxidation sites excluding steroid dienone is 1. The van der Waals surface area contributed by atoms with Gasteiger partial charge < -0.3 is 4.74 Å². The Bertz CT molecular complexity index is 1130. The third-order valence-corrected chi connectivity index (χ3v) is 4.90. The average molecular weight is 450 g/mol. The van der Waals surface area contributed by atoms with Crippen LogP contribution in [-0.4, -0.2) is 0 Å². The van der Waals surface area contributed by atoms with E-state index in [4.69, 9.17) is 16.3 Å². The van der Waals surface area contributed by atoms with Crippen LogP contribution in [0.25, 0.3) is 11.6 Å². The highest BCUT2D eigenvalue weighted by molar-refractivity contribution is 9.10. The van der Waals surface area contributed by atoms with Crippen LogP contribution in [0.15, 0.2) is 71.2 Å². The van der Waals surface area contributed by atoms with Crippen molar-refractivity contribution in [3.63, 3.8) is 0 Å². The summed E-state index contributed by atoms with van der Waals surface area (Å²) in [4.78, 5) is 0. The quantitative estimate of drug-likeness (QED) is 0.325. The smallest absolute Gasteiger partial charge is 0.127 e. The van der Waals surface area contributed by atoms with Gasteiger partial charge in [-0.3, -0.25) is 0 Å². The Kier molecular flexibility index (Phi) is 6.50. The van der Waals surface area contributed by atoms with E-state index >= 15 is 0 Å². The lowest BCUT2D eigenvalue weighted by atomic mass is 10.0. The predicted octanol–water partition coefficient (Wildman–Crippen LogP) is 6.62. The molecular weight excluding hydrogens is 436 g/mol. The van der Waals surface area contributed by atoms with E-state index in [1.807, 2.05) is 48.5 Å². The van der Waals surface area contributed by atoms with E-state index in [1.54, 1.807) is 24.3 Å². The van der Waals surface area contributed by atoms with E-state index in [0.717, 1.165) is 15.6 Å². The number of hydrogen-bond donors (Lipinski definition) is 0. The van der Waals surface area contributed by atoms with E-state index in [1.165, 1.54) is 0 Å². The molecule has 0 saturated carbocycles. The molecular formula is C23H14BrClN2O. The van der Waals surface area contributed by atoms with Gasteiger partial charge in [0, 0.05) is 26.2 Å². The Morgan fingerprint density at radius 3 is 2.54 bits per heavy atom. The first-order chi connectivity index (χ1) is 13.6. The van der Waals surface area contributed by atoms with Crippen LogP contribution in [0, 0.1) is 22.7 Å². The first kappa shape index (κ1) is 19.7.